The van der Waals surface area contributed by atoms with Gasteiger partial charge >= 0.3 is 0 Å². The van der Waals surface area contributed by atoms with E-state index in [-0.39, 0.29) is 24.1 Å². The fraction of sp³-hybridized carbons (Fsp3) is 0.348. The van der Waals surface area contributed by atoms with E-state index >= 15 is 0 Å². The summed E-state index contributed by atoms with van der Waals surface area (Å²) in [6, 6.07) is 12.4. The minimum Gasteiger partial charge on any atom is -0.493 e. The lowest BCUT2D eigenvalue weighted by atomic mass is 10.1. The third kappa shape index (κ3) is 5.14. The molecule has 1 aliphatic heterocycles. The van der Waals surface area contributed by atoms with Crippen LogP contribution in [0.5, 0.6) is 11.5 Å². The summed E-state index contributed by atoms with van der Waals surface area (Å²) in [7, 11) is 4.70. The fourth-order valence-electron chi connectivity index (χ4n) is 3.62. The first kappa shape index (κ1) is 22.1. The molecular weight excluding hydrogens is 398 g/mol. The van der Waals surface area contributed by atoms with Crippen molar-refractivity contribution in [3.8, 4) is 11.5 Å². The van der Waals surface area contributed by atoms with Gasteiger partial charge in [0.25, 0.3) is 5.91 Å². The molecule has 31 heavy (non-hydrogen) atoms. The van der Waals surface area contributed by atoms with Crippen LogP contribution in [0.3, 0.4) is 0 Å². The van der Waals surface area contributed by atoms with E-state index in [1.54, 1.807) is 43.4 Å². The third-order valence-electron chi connectivity index (χ3n) is 5.36. The van der Waals surface area contributed by atoms with Gasteiger partial charge in [-0.15, -0.1) is 0 Å². The molecule has 1 fully saturated rings. The Bertz CT molecular complexity index is 975. The molecule has 0 bridgehead atoms. The van der Waals surface area contributed by atoms with Crippen LogP contribution in [0.4, 0.5) is 5.69 Å². The van der Waals surface area contributed by atoms with Crippen LogP contribution < -0.4 is 20.1 Å². The van der Waals surface area contributed by atoms with Crippen molar-refractivity contribution in [2.24, 2.45) is 5.92 Å². The number of amides is 3. The molecule has 3 rings (SSSR count). The Morgan fingerprint density at radius 2 is 1.84 bits per heavy atom. The molecule has 1 saturated heterocycles. The molecule has 8 heteroatoms. The van der Waals surface area contributed by atoms with Gasteiger partial charge in [0, 0.05) is 26.6 Å². The fourth-order valence-corrected chi connectivity index (χ4v) is 3.62. The molecule has 1 atom stereocenters. The number of nitrogens with zero attached hydrogens (tertiary/aromatic N) is 1. The lowest BCUT2D eigenvalue weighted by molar-refractivity contribution is -0.128. The van der Waals surface area contributed by atoms with Crippen LogP contribution in [-0.2, 0) is 16.0 Å². The van der Waals surface area contributed by atoms with Crippen LogP contribution in [0.2, 0.25) is 0 Å². The van der Waals surface area contributed by atoms with Gasteiger partial charge in [0.2, 0.25) is 11.8 Å². The minimum absolute atomic E-state index is 0.0554. The molecule has 3 amide bonds. The average Bonchev–Trinajstić information content (AvgIpc) is 3.17. The Kier molecular flexibility index (Phi) is 7.12. The van der Waals surface area contributed by atoms with Crippen LogP contribution in [0, 0.1) is 5.92 Å². The maximum absolute atomic E-state index is 12.7. The van der Waals surface area contributed by atoms with Crippen molar-refractivity contribution < 1.29 is 23.9 Å². The summed E-state index contributed by atoms with van der Waals surface area (Å²) in [5.41, 5.74) is 1.83. The molecule has 2 aromatic carbocycles. The Balaban J connectivity index is 1.60. The first-order valence-electron chi connectivity index (χ1n) is 10.1. The van der Waals surface area contributed by atoms with Gasteiger partial charge < -0.3 is 25.0 Å². The molecule has 164 valence electrons. The number of rotatable bonds is 8. The minimum atomic E-state index is -0.462. The van der Waals surface area contributed by atoms with Gasteiger partial charge in [0.05, 0.1) is 31.4 Å². The largest absolute Gasteiger partial charge is 0.493 e. The van der Waals surface area contributed by atoms with Gasteiger partial charge in [-0.05, 0) is 36.2 Å². The molecule has 1 unspecified atom stereocenters. The summed E-state index contributed by atoms with van der Waals surface area (Å²) < 4.78 is 10.6. The number of hydrogen-bond acceptors (Lipinski definition) is 5. The number of likely N-dealkylation sites (tertiary alicyclic amines) is 1. The van der Waals surface area contributed by atoms with E-state index in [2.05, 4.69) is 10.6 Å². The second-order valence-electron chi connectivity index (χ2n) is 7.29. The lowest BCUT2D eigenvalue weighted by Gasteiger charge is -2.17. The maximum atomic E-state index is 12.7. The van der Waals surface area contributed by atoms with Crippen LogP contribution in [0.15, 0.2) is 42.5 Å². The van der Waals surface area contributed by atoms with E-state index in [9.17, 15) is 14.4 Å². The highest BCUT2D eigenvalue weighted by atomic mass is 16.5. The first-order valence-corrected chi connectivity index (χ1v) is 10.1. The number of para-hydroxylation sites is 1. The molecule has 0 aliphatic carbocycles. The van der Waals surface area contributed by atoms with Gasteiger partial charge in [-0.2, -0.15) is 0 Å². The molecule has 0 saturated carbocycles. The van der Waals surface area contributed by atoms with Gasteiger partial charge in [-0.1, -0.05) is 18.2 Å². The van der Waals surface area contributed by atoms with Crippen molar-refractivity contribution in [3.05, 3.63) is 53.6 Å². The zero-order chi connectivity index (χ0) is 22.4. The maximum Gasteiger partial charge on any atom is 0.253 e. The number of ether oxygens (including phenoxy) is 2. The molecule has 0 aromatic heterocycles. The van der Waals surface area contributed by atoms with E-state index in [0.29, 0.717) is 42.3 Å². The molecule has 2 N–H and O–H groups in total. The molecule has 1 heterocycles. The molecular formula is C23H27N3O5. The van der Waals surface area contributed by atoms with Crippen molar-refractivity contribution in [3.63, 3.8) is 0 Å². The average molecular weight is 425 g/mol. The van der Waals surface area contributed by atoms with Crippen molar-refractivity contribution in [1.29, 1.82) is 0 Å². The van der Waals surface area contributed by atoms with Gasteiger partial charge in [0.15, 0.2) is 11.5 Å². The highest BCUT2D eigenvalue weighted by Gasteiger charge is 2.34. The number of methoxy groups -OCH3 is 2. The van der Waals surface area contributed by atoms with Gasteiger partial charge in [-0.25, -0.2) is 0 Å². The van der Waals surface area contributed by atoms with Gasteiger partial charge in [0.1, 0.15) is 0 Å². The van der Waals surface area contributed by atoms with E-state index in [1.165, 1.54) is 7.05 Å². The first-order chi connectivity index (χ1) is 15.0. The summed E-state index contributed by atoms with van der Waals surface area (Å²) in [4.78, 5) is 38.9. The van der Waals surface area contributed by atoms with E-state index in [0.717, 1.165) is 5.56 Å². The summed E-state index contributed by atoms with van der Waals surface area (Å²) in [6.07, 6.45) is 0.792. The van der Waals surface area contributed by atoms with E-state index in [1.807, 2.05) is 18.2 Å². The smallest absolute Gasteiger partial charge is 0.253 e. The van der Waals surface area contributed by atoms with Crippen LogP contribution >= 0.6 is 0 Å². The van der Waals surface area contributed by atoms with Crippen LogP contribution in [0.25, 0.3) is 0 Å². The number of benzene rings is 2. The SMILES string of the molecule is CNC(=O)c1ccccc1NC(=O)C1CC(=O)N(CCc2ccc(OC)c(OC)c2)C1. The van der Waals surface area contributed by atoms with Crippen LogP contribution in [0.1, 0.15) is 22.3 Å². The molecule has 1 aliphatic rings. The van der Waals surface area contributed by atoms with Crippen molar-refractivity contribution >= 4 is 23.4 Å². The lowest BCUT2D eigenvalue weighted by Crippen LogP contribution is -2.30. The Labute approximate surface area is 181 Å². The number of carbonyl (C=O) groups is 3. The summed E-state index contributed by atoms with van der Waals surface area (Å²) in [5.74, 6) is 0.223. The van der Waals surface area contributed by atoms with Gasteiger partial charge in [-0.3, -0.25) is 14.4 Å². The Morgan fingerprint density at radius 3 is 2.55 bits per heavy atom. The monoisotopic (exact) mass is 425 g/mol. The quantitative estimate of drug-likeness (QED) is 0.675. The highest BCUT2D eigenvalue weighted by Crippen LogP contribution is 2.28. The van der Waals surface area contributed by atoms with Crippen molar-refractivity contribution in [2.75, 3.05) is 39.7 Å². The third-order valence-corrected chi connectivity index (χ3v) is 5.36. The molecule has 0 spiro atoms. The summed E-state index contributed by atoms with van der Waals surface area (Å²) in [6.45, 7) is 0.854. The van der Waals surface area contributed by atoms with E-state index in [4.69, 9.17) is 9.47 Å². The zero-order valence-corrected chi connectivity index (χ0v) is 17.9. The predicted molar refractivity (Wildman–Crippen MR) is 116 cm³/mol. The molecule has 0 radical (unpaired) electrons. The standard InChI is InChI=1S/C23H27N3O5/c1-24-23(29)17-6-4-5-7-18(17)25-22(28)16-13-21(27)26(14-16)11-10-15-8-9-19(30-2)20(12-15)31-3/h4-9,12,16H,10-11,13-14H2,1-3H3,(H,24,29)(H,25,28). The van der Waals surface area contributed by atoms with Crippen LogP contribution in [-0.4, -0.2) is 57.0 Å². The van der Waals surface area contributed by atoms with Crippen molar-refractivity contribution in [2.45, 2.75) is 12.8 Å². The van der Waals surface area contributed by atoms with E-state index < -0.39 is 5.92 Å². The predicted octanol–water partition coefficient (Wildman–Crippen LogP) is 2.09. The van der Waals surface area contributed by atoms with Crippen molar-refractivity contribution in [1.82, 2.24) is 10.2 Å². The molecule has 2 aromatic rings. The zero-order valence-electron chi connectivity index (χ0n) is 17.9. The number of carbonyl (C=O) groups excluding carboxylic acids is 3. The summed E-state index contributed by atoms with van der Waals surface area (Å²) in [5, 5.41) is 5.36. The Morgan fingerprint density at radius 1 is 1.10 bits per heavy atom. The summed E-state index contributed by atoms with van der Waals surface area (Å²) >= 11 is 0. The number of anilines is 1. The number of nitrogens with one attached hydrogen (secondary N) is 2. The Hall–Kier alpha value is -3.55. The second kappa shape index (κ2) is 9.97. The normalized spacial score (nSPS) is 15.5. The topological polar surface area (TPSA) is 97.0 Å². The second-order valence-corrected chi connectivity index (χ2v) is 7.29. The number of hydrogen-bond donors (Lipinski definition) is 2. The highest BCUT2D eigenvalue weighted by molar-refractivity contribution is 6.05. The molecule has 8 nitrogen and oxygen atoms in total.